The van der Waals surface area contributed by atoms with Crippen molar-refractivity contribution in [2.24, 2.45) is 0 Å². The maximum Gasteiger partial charge on any atom is 0.413 e. The minimum atomic E-state index is -0.660. The van der Waals surface area contributed by atoms with Gasteiger partial charge < -0.3 is 10.1 Å². The molecule has 168 valence electrons. The standard InChI is InChI=1S/C26H25N3O3S/c1-26(2,3)32-25(31)29-24(27)19-11-13-20(14-12-19)28-17-7-10-21-15-16-22(33-21)23(30)18-8-5-4-6-9-18/h4-6,8-9,11-16,28H,17H2,1-3H3,(H2,27,29,31). The number of thiophene rings is 1. The fourth-order valence-corrected chi connectivity index (χ4v) is 3.61. The van der Waals surface area contributed by atoms with Crippen molar-refractivity contribution in [1.29, 1.82) is 5.41 Å². The minimum absolute atomic E-state index is 0.00130. The van der Waals surface area contributed by atoms with Gasteiger partial charge in [0, 0.05) is 16.8 Å². The third-order valence-corrected chi connectivity index (χ3v) is 5.26. The van der Waals surface area contributed by atoms with Crippen LogP contribution in [0.3, 0.4) is 0 Å². The molecule has 0 saturated heterocycles. The van der Waals surface area contributed by atoms with Crippen LogP contribution in [0.5, 0.6) is 0 Å². The van der Waals surface area contributed by atoms with Gasteiger partial charge in [0.05, 0.1) is 16.3 Å². The third kappa shape index (κ3) is 7.34. The molecule has 0 atom stereocenters. The Bertz CT molecular complexity index is 1200. The van der Waals surface area contributed by atoms with Crippen LogP contribution < -0.4 is 10.6 Å². The highest BCUT2D eigenvalue weighted by Gasteiger charge is 2.17. The summed E-state index contributed by atoms with van der Waals surface area (Å²) >= 11 is 1.38. The van der Waals surface area contributed by atoms with Crippen LogP contribution in [-0.4, -0.2) is 29.9 Å². The van der Waals surface area contributed by atoms with Crippen molar-refractivity contribution >= 4 is 34.7 Å². The molecule has 1 amide bonds. The van der Waals surface area contributed by atoms with Crippen molar-refractivity contribution in [3.8, 4) is 11.8 Å². The summed E-state index contributed by atoms with van der Waals surface area (Å²) < 4.78 is 5.16. The number of hydrogen-bond acceptors (Lipinski definition) is 6. The van der Waals surface area contributed by atoms with Crippen LogP contribution in [0.25, 0.3) is 0 Å². The lowest BCUT2D eigenvalue weighted by Gasteiger charge is -2.19. The van der Waals surface area contributed by atoms with Gasteiger partial charge >= 0.3 is 6.09 Å². The highest BCUT2D eigenvalue weighted by atomic mass is 32.1. The molecule has 0 aliphatic heterocycles. The molecule has 3 aromatic rings. The van der Waals surface area contributed by atoms with Gasteiger partial charge in [-0.15, -0.1) is 11.3 Å². The van der Waals surface area contributed by atoms with Gasteiger partial charge in [0.1, 0.15) is 11.4 Å². The van der Waals surface area contributed by atoms with Crippen LogP contribution in [0, 0.1) is 17.3 Å². The molecule has 3 rings (SSSR count). The second-order valence-corrected chi connectivity index (χ2v) is 9.18. The number of alkyl carbamates (subject to hydrolysis) is 1. The molecule has 0 bridgehead atoms. The number of hydrogen-bond donors (Lipinski definition) is 3. The fraction of sp³-hybridized carbons (Fsp3) is 0.192. The fourth-order valence-electron chi connectivity index (χ4n) is 2.77. The van der Waals surface area contributed by atoms with E-state index in [4.69, 9.17) is 10.1 Å². The first-order valence-electron chi connectivity index (χ1n) is 10.3. The Labute approximate surface area is 197 Å². The molecule has 0 fully saturated rings. The highest BCUT2D eigenvalue weighted by Crippen LogP contribution is 2.19. The summed E-state index contributed by atoms with van der Waals surface area (Å²) in [6.07, 6.45) is -0.660. The van der Waals surface area contributed by atoms with Gasteiger partial charge in [-0.25, -0.2) is 4.79 Å². The van der Waals surface area contributed by atoms with E-state index in [2.05, 4.69) is 22.5 Å². The zero-order chi connectivity index (χ0) is 23.8. The van der Waals surface area contributed by atoms with Crippen LogP contribution in [0.4, 0.5) is 10.5 Å². The Morgan fingerprint density at radius 3 is 2.33 bits per heavy atom. The summed E-state index contributed by atoms with van der Waals surface area (Å²) in [5.41, 5.74) is 1.44. The van der Waals surface area contributed by atoms with E-state index < -0.39 is 11.7 Å². The molecule has 0 radical (unpaired) electrons. The van der Waals surface area contributed by atoms with Gasteiger partial charge in [0.15, 0.2) is 0 Å². The van der Waals surface area contributed by atoms with E-state index >= 15 is 0 Å². The monoisotopic (exact) mass is 459 g/mol. The second kappa shape index (κ2) is 10.6. The van der Waals surface area contributed by atoms with E-state index in [1.807, 2.05) is 36.4 Å². The minimum Gasteiger partial charge on any atom is -0.444 e. The number of ketones is 1. The molecule has 1 aromatic heterocycles. The van der Waals surface area contributed by atoms with E-state index in [-0.39, 0.29) is 11.6 Å². The molecular weight excluding hydrogens is 434 g/mol. The lowest BCUT2D eigenvalue weighted by molar-refractivity contribution is 0.0563. The van der Waals surface area contributed by atoms with Crippen molar-refractivity contribution in [2.45, 2.75) is 26.4 Å². The van der Waals surface area contributed by atoms with E-state index in [0.717, 1.165) is 10.6 Å². The van der Waals surface area contributed by atoms with Crippen LogP contribution in [0.15, 0.2) is 66.7 Å². The number of anilines is 1. The van der Waals surface area contributed by atoms with Crippen molar-refractivity contribution < 1.29 is 14.3 Å². The van der Waals surface area contributed by atoms with Crippen molar-refractivity contribution in [1.82, 2.24) is 5.32 Å². The molecular formula is C26H25N3O3S. The average Bonchev–Trinajstić information content (AvgIpc) is 3.25. The van der Waals surface area contributed by atoms with E-state index in [1.165, 1.54) is 11.3 Å². The van der Waals surface area contributed by atoms with E-state index in [1.54, 1.807) is 51.1 Å². The summed E-state index contributed by atoms with van der Waals surface area (Å²) in [5, 5.41) is 13.6. The zero-order valence-electron chi connectivity index (χ0n) is 18.7. The summed E-state index contributed by atoms with van der Waals surface area (Å²) in [4.78, 5) is 25.8. The number of nitrogens with one attached hydrogen (secondary N) is 3. The third-order valence-electron chi connectivity index (χ3n) is 4.26. The number of benzene rings is 2. The Hall–Kier alpha value is -3.89. The van der Waals surface area contributed by atoms with E-state index in [9.17, 15) is 9.59 Å². The van der Waals surface area contributed by atoms with Crippen molar-refractivity contribution in [2.75, 3.05) is 11.9 Å². The average molecular weight is 460 g/mol. The Morgan fingerprint density at radius 1 is 0.970 bits per heavy atom. The summed E-state index contributed by atoms with van der Waals surface area (Å²) in [5.74, 6) is 6.08. The first-order valence-corrected chi connectivity index (χ1v) is 11.1. The van der Waals surface area contributed by atoms with Gasteiger partial charge in [-0.05, 0) is 57.2 Å². The highest BCUT2D eigenvalue weighted by molar-refractivity contribution is 7.14. The van der Waals surface area contributed by atoms with E-state index in [0.29, 0.717) is 22.5 Å². The molecule has 7 heteroatoms. The summed E-state index contributed by atoms with van der Waals surface area (Å²) in [7, 11) is 0. The number of amides is 1. The van der Waals surface area contributed by atoms with Crippen LogP contribution >= 0.6 is 11.3 Å². The van der Waals surface area contributed by atoms with Gasteiger partial charge in [-0.3, -0.25) is 15.5 Å². The number of carbonyl (C=O) groups is 2. The molecule has 0 saturated carbocycles. The second-order valence-electron chi connectivity index (χ2n) is 8.09. The van der Waals surface area contributed by atoms with Crippen molar-refractivity contribution in [3.63, 3.8) is 0 Å². The van der Waals surface area contributed by atoms with Gasteiger partial charge in [-0.1, -0.05) is 42.2 Å². The molecule has 3 N–H and O–H groups in total. The molecule has 33 heavy (non-hydrogen) atoms. The first kappa shape index (κ1) is 23.8. The molecule has 1 heterocycles. The predicted molar refractivity (Wildman–Crippen MR) is 132 cm³/mol. The summed E-state index contributed by atoms with van der Waals surface area (Å²) in [6.45, 7) is 5.72. The van der Waals surface area contributed by atoms with Crippen LogP contribution in [-0.2, 0) is 4.74 Å². The Balaban J connectivity index is 1.50. The predicted octanol–water partition coefficient (Wildman–Crippen LogP) is 5.29. The number of amidine groups is 1. The Morgan fingerprint density at radius 2 is 1.67 bits per heavy atom. The number of carbonyl (C=O) groups excluding carboxylic acids is 2. The lowest BCUT2D eigenvalue weighted by Crippen LogP contribution is -2.36. The van der Waals surface area contributed by atoms with Crippen molar-refractivity contribution in [3.05, 3.63) is 87.6 Å². The lowest BCUT2D eigenvalue weighted by atomic mass is 10.1. The smallest absolute Gasteiger partial charge is 0.413 e. The molecule has 6 nitrogen and oxygen atoms in total. The largest absolute Gasteiger partial charge is 0.444 e. The zero-order valence-corrected chi connectivity index (χ0v) is 19.5. The molecule has 0 aliphatic carbocycles. The molecule has 0 unspecified atom stereocenters. The SMILES string of the molecule is CC(C)(C)OC(=O)NC(=N)c1ccc(NCC#Cc2ccc(C(=O)c3ccccc3)s2)cc1. The van der Waals surface area contributed by atoms with Crippen LogP contribution in [0.1, 0.15) is 46.4 Å². The normalized spacial score (nSPS) is 10.5. The molecule has 0 spiro atoms. The van der Waals surface area contributed by atoms with Gasteiger partial charge in [-0.2, -0.15) is 0 Å². The van der Waals surface area contributed by atoms with Gasteiger partial charge in [0.25, 0.3) is 0 Å². The Kier molecular flexibility index (Phi) is 7.65. The van der Waals surface area contributed by atoms with Gasteiger partial charge in [0.2, 0.25) is 5.78 Å². The topological polar surface area (TPSA) is 91.3 Å². The number of rotatable bonds is 5. The van der Waals surface area contributed by atoms with Crippen LogP contribution in [0.2, 0.25) is 0 Å². The summed E-state index contributed by atoms with van der Waals surface area (Å²) in [6, 6.07) is 19.9. The quantitative estimate of drug-likeness (QED) is 0.209. The first-order chi connectivity index (χ1) is 15.7. The maximum absolute atomic E-state index is 12.5. The maximum atomic E-state index is 12.5. The molecule has 2 aromatic carbocycles. The number of ether oxygens (including phenoxy) is 1. The molecule has 0 aliphatic rings.